The number of benzene rings is 1. The number of rotatable bonds is 2. The molecule has 0 saturated heterocycles. The molecule has 0 heterocycles. The van der Waals surface area contributed by atoms with E-state index >= 15 is 0 Å². The summed E-state index contributed by atoms with van der Waals surface area (Å²) in [5.74, 6) is -0.894. The van der Waals surface area contributed by atoms with Crippen molar-refractivity contribution in [3.63, 3.8) is 0 Å². The molecule has 0 aliphatic heterocycles. The lowest BCUT2D eigenvalue weighted by atomic mass is 10.2. The van der Waals surface area contributed by atoms with E-state index in [1.54, 1.807) is 6.07 Å². The molecule has 0 bridgehead atoms. The van der Waals surface area contributed by atoms with Crippen LogP contribution in [0.2, 0.25) is 0 Å². The van der Waals surface area contributed by atoms with E-state index in [2.05, 4.69) is 4.74 Å². The molecule has 0 amide bonds. The molecule has 74 valence electrons. The second kappa shape index (κ2) is 4.32. The number of aromatic hydroxyl groups is 2. The van der Waals surface area contributed by atoms with Crippen molar-refractivity contribution in [1.82, 2.24) is 0 Å². The quantitative estimate of drug-likeness (QED) is 0.423. The van der Waals surface area contributed by atoms with Crippen LogP contribution in [0.5, 0.6) is 11.5 Å². The van der Waals surface area contributed by atoms with Gasteiger partial charge < -0.3 is 14.9 Å². The fourth-order valence-electron chi connectivity index (χ4n) is 0.876. The maximum absolute atomic E-state index is 10.7. The maximum Gasteiger partial charge on any atom is 0.330 e. The van der Waals surface area contributed by atoms with Crippen LogP contribution in [-0.4, -0.2) is 23.3 Å². The molecule has 1 aromatic carbocycles. The number of methoxy groups -OCH3 is 1. The Bertz CT molecular complexity index is 368. The Morgan fingerprint density at radius 2 is 2.07 bits per heavy atom. The van der Waals surface area contributed by atoms with Gasteiger partial charge in [0, 0.05) is 6.08 Å². The highest BCUT2D eigenvalue weighted by Gasteiger charge is 1.98. The summed E-state index contributed by atoms with van der Waals surface area (Å²) >= 11 is 0. The normalized spacial score (nSPS) is 10.4. The van der Waals surface area contributed by atoms with E-state index < -0.39 is 5.97 Å². The molecule has 2 N–H and O–H groups in total. The minimum absolute atomic E-state index is 0.194. The van der Waals surface area contributed by atoms with Crippen LogP contribution in [0.1, 0.15) is 5.56 Å². The molecule has 1 aromatic rings. The van der Waals surface area contributed by atoms with E-state index in [0.717, 1.165) is 0 Å². The summed E-state index contributed by atoms with van der Waals surface area (Å²) in [5.41, 5.74) is 0.603. The average molecular weight is 194 g/mol. The minimum Gasteiger partial charge on any atom is -0.504 e. The predicted octanol–water partition coefficient (Wildman–Crippen LogP) is 1.28. The topological polar surface area (TPSA) is 66.8 Å². The van der Waals surface area contributed by atoms with Gasteiger partial charge in [-0.1, -0.05) is 6.07 Å². The zero-order valence-electron chi connectivity index (χ0n) is 7.60. The molecule has 0 atom stereocenters. The molecular formula is C10H10O4. The van der Waals surface area contributed by atoms with Gasteiger partial charge in [-0.25, -0.2) is 4.79 Å². The highest BCUT2D eigenvalue weighted by atomic mass is 16.5. The van der Waals surface area contributed by atoms with Gasteiger partial charge in [-0.15, -0.1) is 0 Å². The van der Waals surface area contributed by atoms with Crippen LogP contribution >= 0.6 is 0 Å². The van der Waals surface area contributed by atoms with Gasteiger partial charge >= 0.3 is 5.97 Å². The first kappa shape index (κ1) is 10.1. The first-order valence-electron chi connectivity index (χ1n) is 3.91. The highest BCUT2D eigenvalue weighted by Crippen LogP contribution is 2.25. The first-order chi connectivity index (χ1) is 6.63. The lowest BCUT2D eigenvalue weighted by Gasteiger charge is -1.98. The highest BCUT2D eigenvalue weighted by molar-refractivity contribution is 5.87. The number of carbonyl (C=O) groups is 1. The lowest BCUT2D eigenvalue weighted by molar-refractivity contribution is -0.134. The number of ether oxygens (including phenoxy) is 1. The van der Waals surface area contributed by atoms with Crippen LogP contribution in [0.3, 0.4) is 0 Å². The molecule has 1 rings (SSSR count). The van der Waals surface area contributed by atoms with E-state index in [9.17, 15) is 4.79 Å². The third-order valence-electron chi connectivity index (χ3n) is 1.61. The SMILES string of the molecule is COC(=O)/C=C/c1ccc(O)c(O)c1. The molecule has 0 aliphatic carbocycles. The molecule has 0 unspecified atom stereocenters. The van der Waals surface area contributed by atoms with Crippen molar-refractivity contribution < 1.29 is 19.7 Å². The second-order valence-electron chi connectivity index (χ2n) is 2.60. The molecule has 0 fully saturated rings. The molecule has 0 aliphatic rings. The van der Waals surface area contributed by atoms with Crippen molar-refractivity contribution in [2.24, 2.45) is 0 Å². The molecule has 0 radical (unpaired) electrons. The van der Waals surface area contributed by atoms with E-state index in [1.807, 2.05) is 0 Å². The molecule has 4 heteroatoms. The standard InChI is InChI=1S/C10H10O4/c1-14-10(13)5-3-7-2-4-8(11)9(12)6-7/h2-6,11-12H,1H3/b5-3+. The Labute approximate surface area is 81.1 Å². The van der Waals surface area contributed by atoms with Gasteiger partial charge in [-0.05, 0) is 23.8 Å². The summed E-state index contributed by atoms with van der Waals surface area (Å²) in [6.07, 6.45) is 2.71. The predicted molar refractivity (Wildman–Crippen MR) is 50.8 cm³/mol. The number of hydrogen-bond acceptors (Lipinski definition) is 4. The van der Waals surface area contributed by atoms with Gasteiger partial charge in [0.2, 0.25) is 0 Å². The monoisotopic (exact) mass is 194 g/mol. The fraction of sp³-hybridized carbons (Fsp3) is 0.100. The van der Waals surface area contributed by atoms with Gasteiger partial charge in [0.25, 0.3) is 0 Å². The zero-order valence-corrected chi connectivity index (χ0v) is 7.60. The van der Waals surface area contributed by atoms with Gasteiger partial charge in [0.1, 0.15) is 0 Å². The van der Waals surface area contributed by atoms with Gasteiger partial charge in [0.05, 0.1) is 7.11 Å². The van der Waals surface area contributed by atoms with Crippen LogP contribution in [0, 0.1) is 0 Å². The van der Waals surface area contributed by atoms with Gasteiger partial charge in [-0.3, -0.25) is 0 Å². The molecule has 4 nitrogen and oxygen atoms in total. The third-order valence-corrected chi connectivity index (χ3v) is 1.61. The van der Waals surface area contributed by atoms with Crippen molar-refractivity contribution in [3.8, 4) is 11.5 Å². The van der Waals surface area contributed by atoms with Crippen LogP contribution in [0.4, 0.5) is 0 Å². The number of phenolic OH excluding ortho intramolecular Hbond substituents is 2. The van der Waals surface area contributed by atoms with E-state index in [0.29, 0.717) is 5.56 Å². The van der Waals surface area contributed by atoms with Crippen LogP contribution in [0.15, 0.2) is 24.3 Å². The Balaban J connectivity index is 2.83. The Hall–Kier alpha value is -1.97. The number of phenols is 2. The summed E-state index contributed by atoms with van der Waals surface area (Å²) in [6, 6.07) is 4.25. The summed E-state index contributed by atoms with van der Waals surface area (Å²) in [6.45, 7) is 0. The van der Waals surface area contributed by atoms with Gasteiger partial charge in [0.15, 0.2) is 11.5 Å². The molecule has 0 aromatic heterocycles. The largest absolute Gasteiger partial charge is 0.504 e. The first-order valence-corrected chi connectivity index (χ1v) is 3.91. The fourth-order valence-corrected chi connectivity index (χ4v) is 0.876. The molecule has 0 spiro atoms. The summed E-state index contributed by atoms with van der Waals surface area (Å²) < 4.78 is 4.39. The number of esters is 1. The molecular weight excluding hydrogens is 184 g/mol. The second-order valence-corrected chi connectivity index (χ2v) is 2.60. The van der Waals surface area contributed by atoms with Crippen molar-refractivity contribution in [1.29, 1.82) is 0 Å². The number of carbonyl (C=O) groups excluding carboxylic acids is 1. The van der Waals surface area contributed by atoms with Crippen LogP contribution in [0.25, 0.3) is 6.08 Å². The smallest absolute Gasteiger partial charge is 0.330 e. The lowest BCUT2D eigenvalue weighted by Crippen LogP contribution is -1.93. The van der Waals surface area contributed by atoms with E-state index in [1.165, 1.54) is 31.4 Å². The zero-order chi connectivity index (χ0) is 10.6. The third kappa shape index (κ3) is 2.52. The average Bonchev–Trinajstić information content (AvgIpc) is 2.19. The van der Waals surface area contributed by atoms with Crippen molar-refractivity contribution in [2.45, 2.75) is 0 Å². The van der Waals surface area contributed by atoms with Crippen LogP contribution < -0.4 is 0 Å². The van der Waals surface area contributed by atoms with E-state index in [4.69, 9.17) is 10.2 Å². The van der Waals surface area contributed by atoms with Crippen molar-refractivity contribution in [2.75, 3.05) is 7.11 Å². The Kier molecular flexibility index (Phi) is 3.12. The van der Waals surface area contributed by atoms with Crippen molar-refractivity contribution >= 4 is 12.0 Å². The minimum atomic E-state index is -0.474. The van der Waals surface area contributed by atoms with Crippen molar-refractivity contribution in [3.05, 3.63) is 29.8 Å². The maximum atomic E-state index is 10.7. The van der Waals surface area contributed by atoms with Crippen LogP contribution in [-0.2, 0) is 9.53 Å². The van der Waals surface area contributed by atoms with Gasteiger partial charge in [-0.2, -0.15) is 0 Å². The number of hydrogen-bond donors (Lipinski definition) is 2. The summed E-state index contributed by atoms with van der Waals surface area (Å²) in [5, 5.41) is 18.1. The summed E-state index contributed by atoms with van der Waals surface area (Å²) in [4.78, 5) is 10.7. The molecule has 14 heavy (non-hydrogen) atoms. The summed E-state index contributed by atoms with van der Waals surface area (Å²) in [7, 11) is 1.28. The molecule has 0 saturated carbocycles. The van der Waals surface area contributed by atoms with E-state index in [-0.39, 0.29) is 11.5 Å². The Morgan fingerprint density at radius 1 is 1.36 bits per heavy atom. The Morgan fingerprint density at radius 3 is 2.64 bits per heavy atom.